The average Bonchev–Trinajstić information content (AvgIpc) is 2.21. The minimum atomic E-state index is 0. The van der Waals surface area contributed by atoms with E-state index in [4.69, 9.17) is 1.12 Å². The zero-order valence-corrected chi connectivity index (χ0v) is 10.6. The summed E-state index contributed by atoms with van der Waals surface area (Å²) < 4.78 is 8.46. The fraction of sp³-hybridized carbons (Fsp3) is 1.00. The molecule has 0 unspecified atom stereocenters. The van der Waals surface area contributed by atoms with Gasteiger partial charge < -0.3 is 21.5 Å². The van der Waals surface area contributed by atoms with Crippen molar-refractivity contribution >= 4 is 12.5 Å². The topological polar surface area (TPSA) is 0 Å². The number of rotatable bonds is 4. The van der Waals surface area contributed by atoms with Gasteiger partial charge in [0.15, 0.2) is 0 Å². The quantitative estimate of drug-likeness (QED) is 0.375. The summed E-state index contributed by atoms with van der Waals surface area (Å²) in [6.07, 6.45) is 5.69. The van der Waals surface area contributed by atoms with Crippen molar-refractivity contribution in [3.05, 3.63) is 0 Å². The molecule has 13 heavy (non-hydrogen) atoms. The number of fused-ring (bicyclic) bond motifs is 3. The summed E-state index contributed by atoms with van der Waals surface area (Å²) in [5.74, 6) is 2.11. The Bertz CT molecular complexity index is 158. The molecule has 0 spiro atoms. The molecule has 3 heteroatoms. The summed E-state index contributed by atoms with van der Waals surface area (Å²) in [6, 6.07) is 0. The standard InChI is InChI=1S/C10H19NS.BrH/c12-9-1-5-11-6-2-10(3-7-11)4-8-11;/h10H,1-9H2;1H/i/hT. The minimum absolute atomic E-state index is 0. The van der Waals surface area contributed by atoms with Crippen LogP contribution in [0.15, 0.2) is 0 Å². The molecule has 0 atom stereocenters. The number of hydrogen-bond donors (Lipinski definition) is 1. The zero-order valence-electron chi connectivity index (χ0n) is 9.17. The van der Waals surface area contributed by atoms with Gasteiger partial charge in [-0.15, -0.1) is 0 Å². The van der Waals surface area contributed by atoms with Gasteiger partial charge in [-0.05, 0) is 30.9 Å². The highest BCUT2D eigenvalue weighted by molar-refractivity contribution is 7.80. The first-order valence-corrected chi connectivity index (χ1v) is 5.86. The van der Waals surface area contributed by atoms with E-state index in [1.165, 1.54) is 68.9 Å². The van der Waals surface area contributed by atoms with Crippen molar-refractivity contribution in [3.63, 3.8) is 0 Å². The first kappa shape index (κ1) is 10.3. The van der Waals surface area contributed by atoms with Gasteiger partial charge in [0.05, 0.1) is 26.2 Å². The molecule has 3 saturated heterocycles. The third kappa shape index (κ3) is 2.63. The zero-order chi connectivity index (χ0) is 9.15. The maximum absolute atomic E-state index is 7.06. The van der Waals surface area contributed by atoms with Crippen molar-refractivity contribution in [2.45, 2.75) is 25.7 Å². The summed E-state index contributed by atoms with van der Waals surface area (Å²) >= 11 is 1.25. The van der Waals surface area contributed by atoms with Gasteiger partial charge in [-0.3, -0.25) is 0 Å². The lowest BCUT2D eigenvalue weighted by Gasteiger charge is -2.49. The van der Waals surface area contributed by atoms with E-state index < -0.39 is 0 Å². The molecule has 3 heterocycles. The van der Waals surface area contributed by atoms with Crippen LogP contribution >= 0.6 is 12.5 Å². The molecule has 3 fully saturated rings. The molecule has 2 bridgehead atoms. The summed E-state index contributed by atoms with van der Waals surface area (Å²) in [6.45, 7) is 5.66. The van der Waals surface area contributed by atoms with Gasteiger partial charge in [-0.25, -0.2) is 0 Å². The fourth-order valence-electron chi connectivity index (χ4n) is 2.87. The second-order valence-corrected chi connectivity index (χ2v) is 4.93. The van der Waals surface area contributed by atoms with Crippen molar-refractivity contribution in [1.29, 1.82) is 1.12 Å². The molecule has 3 rings (SSSR count). The normalized spacial score (nSPS) is 38.2. The molecule has 3 aliphatic heterocycles. The van der Waals surface area contributed by atoms with E-state index in [0.29, 0.717) is 0 Å². The van der Waals surface area contributed by atoms with Gasteiger partial charge in [-0.2, -0.15) is 12.5 Å². The van der Waals surface area contributed by atoms with Crippen molar-refractivity contribution in [3.8, 4) is 0 Å². The molecule has 3 aliphatic rings. The van der Waals surface area contributed by atoms with Gasteiger partial charge in [0, 0.05) is 6.42 Å². The molecule has 0 aromatic carbocycles. The molecular weight excluding hydrogens is 246 g/mol. The molecule has 78 valence electrons. The summed E-state index contributed by atoms with van der Waals surface area (Å²) in [4.78, 5) is 0. The lowest BCUT2D eigenvalue weighted by atomic mass is 9.85. The Morgan fingerprint density at radius 3 is 2.38 bits per heavy atom. The maximum Gasteiger partial charge on any atom is 0.102 e. The lowest BCUT2D eigenvalue weighted by Crippen LogP contribution is -3.00. The van der Waals surface area contributed by atoms with E-state index in [0.717, 1.165) is 11.7 Å². The third-order valence-corrected chi connectivity index (χ3v) is 4.10. The smallest absolute Gasteiger partial charge is 0.102 e. The van der Waals surface area contributed by atoms with Gasteiger partial charge in [0.1, 0.15) is 1.12 Å². The largest absolute Gasteiger partial charge is 1.00 e. The Morgan fingerprint density at radius 1 is 1.23 bits per heavy atom. The first-order valence-electron chi connectivity index (χ1n) is 5.69. The maximum atomic E-state index is 7.06. The van der Waals surface area contributed by atoms with Gasteiger partial charge in [0.2, 0.25) is 0 Å². The van der Waals surface area contributed by atoms with E-state index in [1.807, 2.05) is 0 Å². The van der Waals surface area contributed by atoms with E-state index >= 15 is 0 Å². The Morgan fingerprint density at radius 2 is 1.85 bits per heavy atom. The van der Waals surface area contributed by atoms with Crippen LogP contribution in [0.1, 0.15) is 25.7 Å². The van der Waals surface area contributed by atoms with E-state index in [2.05, 4.69) is 0 Å². The van der Waals surface area contributed by atoms with Crippen molar-refractivity contribution in [2.24, 2.45) is 5.92 Å². The number of thiol groups is 1. The number of quaternary nitrogens is 1. The van der Waals surface area contributed by atoms with Gasteiger partial charge in [-0.1, -0.05) is 0 Å². The average molecular weight is 268 g/mol. The molecule has 0 aliphatic carbocycles. The second-order valence-electron chi connectivity index (χ2n) is 4.53. The van der Waals surface area contributed by atoms with Crippen LogP contribution in [0.3, 0.4) is 0 Å². The van der Waals surface area contributed by atoms with Crippen molar-refractivity contribution in [2.75, 3.05) is 31.9 Å². The Balaban J connectivity index is 0.000000980. The highest BCUT2D eigenvalue weighted by Crippen LogP contribution is 2.33. The van der Waals surface area contributed by atoms with Crippen LogP contribution in [0.25, 0.3) is 0 Å². The van der Waals surface area contributed by atoms with Crippen LogP contribution in [-0.4, -0.2) is 37.5 Å². The van der Waals surface area contributed by atoms with Crippen molar-refractivity contribution < 1.29 is 21.5 Å². The van der Waals surface area contributed by atoms with Crippen LogP contribution < -0.4 is 17.0 Å². The third-order valence-electron chi connectivity index (χ3n) is 3.81. The van der Waals surface area contributed by atoms with E-state index in [9.17, 15) is 0 Å². The number of halogens is 1. The first-order chi connectivity index (χ1) is 6.35. The SMILES string of the molecule is [3H]SCCC[N+]12CCC(CC1)CC2.[Br-]. The van der Waals surface area contributed by atoms with Gasteiger partial charge in [0.25, 0.3) is 0 Å². The second kappa shape index (κ2) is 5.04. The highest BCUT2D eigenvalue weighted by atomic mass is 79.9. The molecule has 0 aromatic heterocycles. The minimum Gasteiger partial charge on any atom is -1.00 e. The molecule has 0 amide bonds. The van der Waals surface area contributed by atoms with E-state index in [1.54, 1.807) is 0 Å². The van der Waals surface area contributed by atoms with Crippen molar-refractivity contribution in [1.82, 2.24) is 0 Å². The van der Waals surface area contributed by atoms with Crippen LogP contribution in [-0.2, 0) is 0 Å². The number of piperidine rings is 3. The molecule has 0 radical (unpaired) electrons. The van der Waals surface area contributed by atoms with Crippen LogP contribution in [0.2, 0.25) is 0 Å². The van der Waals surface area contributed by atoms with Crippen LogP contribution in [0.5, 0.6) is 0 Å². The predicted molar refractivity (Wildman–Crippen MR) is 55.5 cm³/mol. The van der Waals surface area contributed by atoms with Gasteiger partial charge >= 0.3 is 0 Å². The molecule has 1 nitrogen and oxygen atoms in total. The summed E-state index contributed by atoms with van der Waals surface area (Å²) in [5.41, 5.74) is 0. The summed E-state index contributed by atoms with van der Waals surface area (Å²) in [5, 5.41) is 0. The highest BCUT2D eigenvalue weighted by Gasteiger charge is 2.38. The van der Waals surface area contributed by atoms with Crippen LogP contribution in [0, 0.1) is 5.92 Å². The fourth-order valence-corrected chi connectivity index (χ4v) is 3.00. The lowest BCUT2D eigenvalue weighted by molar-refractivity contribution is -0.942. The molecule has 0 aromatic rings. The predicted octanol–water partition coefficient (Wildman–Crippen LogP) is -1.06. The Kier molecular flexibility index (Phi) is 3.99. The van der Waals surface area contributed by atoms with E-state index in [-0.39, 0.29) is 17.0 Å². The molecule has 0 saturated carbocycles. The monoisotopic (exact) mass is 267 g/mol. The Hall–Kier alpha value is 0.790. The Labute approximate surface area is 98.7 Å². The molecule has 0 N–H and O–H groups in total. The number of hydrogen-bond acceptors (Lipinski definition) is 1. The number of nitrogens with zero attached hydrogens (tertiary/aromatic N) is 1. The van der Waals surface area contributed by atoms with Crippen LogP contribution in [0.4, 0.5) is 0 Å². The summed E-state index contributed by atoms with van der Waals surface area (Å²) in [7, 11) is 0. The molecular formula is C10H20BrNS.